The van der Waals surface area contributed by atoms with E-state index in [0.29, 0.717) is 0 Å². The maximum Gasteiger partial charge on any atom is 0.0502 e. The second-order valence-corrected chi connectivity index (χ2v) is 8.78. The molecule has 0 bridgehead atoms. The van der Waals surface area contributed by atoms with Crippen molar-refractivity contribution >= 4 is 55.6 Å². The Morgan fingerprint density at radius 2 is 1.38 bits per heavy atom. The Balaban J connectivity index is 2.05. The van der Waals surface area contributed by atoms with Crippen LogP contribution < -0.4 is 4.90 Å². The predicted octanol–water partition coefficient (Wildman–Crippen LogP) is 7.16. The highest BCUT2D eigenvalue weighted by atomic mass is 127. The van der Waals surface area contributed by atoms with Crippen molar-refractivity contribution in [2.24, 2.45) is 0 Å². The van der Waals surface area contributed by atoms with Crippen molar-refractivity contribution in [3.05, 3.63) is 85.9 Å². The van der Waals surface area contributed by atoms with Gasteiger partial charge in [0, 0.05) is 19.1 Å². The molecule has 3 aromatic carbocycles. The second-order valence-electron chi connectivity index (χ2n) is 6.62. The molecule has 0 saturated carbocycles. The minimum Gasteiger partial charge on any atom is -0.310 e. The maximum atomic E-state index is 3.65. The SMILES string of the molecule is CC1(C)c2ccccc2N(c2cc(Br)cc(I)c2)c2ccccc21. The average molecular weight is 490 g/mol. The van der Waals surface area contributed by atoms with Gasteiger partial charge >= 0.3 is 0 Å². The van der Waals surface area contributed by atoms with Crippen LogP contribution >= 0.6 is 38.5 Å². The van der Waals surface area contributed by atoms with Crippen LogP contribution in [-0.2, 0) is 5.41 Å². The van der Waals surface area contributed by atoms with Gasteiger partial charge in [0.15, 0.2) is 0 Å². The van der Waals surface area contributed by atoms with Crippen molar-refractivity contribution < 1.29 is 0 Å². The van der Waals surface area contributed by atoms with Crippen LogP contribution in [0.5, 0.6) is 0 Å². The van der Waals surface area contributed by atoms with Crippen molar-refractivity contribution in [1.29, 1.82) is 0 Å². The van der Waals surface area contributed by atoms with Gasteiger partial charge in [0.2, 0.25) is 0 Å². The number of rotatable bonds is 1. The fourth-order valence-corrected chi connectivity index (χ4v) is 5.18. The van der Waals surface area contributed by atoms with E-state index < -0.39 is 0 Å². The largest absolute Gasteiger partial charge is 0.310 e. The lowest BCUT2D eigenvalue weighted by atomic mass is 9.73. The molecule has 0 fully saturated rings. The maximum absolute atomic E-state index is 3.65. The molecule has 4 rings (SSSR count). The molecule has 1 aliphatic rings. The van der Waals surface area contributed by atoms with E-state index in [4.69, 9.17) is 0 Å². The Labute approximate surface area is 165 Å². The van der Waals surface area contributed by atoms with Crippen molar-refractivity contribution in [3.8, 4) is 0 Å². The van der Waals surface area contributed by atoms with Gasteiger partial charge in [0.05, 0.1) is 11.4 Å². The van der Waals surface area contributed by atoms with Gasteiger partial charge in [-0.3, -0.25) is 0 Å². The first-order chi connectivity index (χ1) is 11.5. The number of benzene rings is 3. The van der Waals surface area contributed by atoms with Crippen LogP contribution in [0.25, 0.3) is 0 Å². The molecule has 3 aromatic rings. The highest BCUT2D eigenvalue weighted by Gasteiger charge is 2.36. The summed E-state index contributed by atoms with van der Waals surface area (Å²) >= 11 is 6.03. The molecule has 0 aliphatic carbocycles. The second kappa shape index (κ2) is 5.88. The summed E-state index contributed by atoms with van der Waals surface area (Å²) in [4.78, 5) is 2.38. The summed E-state index contributed by atoms with van der Waals surface area (Å²) in [5, 5.41) is 0. The minimum atomic E-state index is -0.0111. The summed E-state index contributed by atoms with van der Waals surface area (Å²) < 4.78 is 2.32. The monoisotopic (exact) mass is 489 g/mol. The zero-order valence-corrected chi connectivity index (χ0v) is 17.3. The van der Waals surface area contributed by atoms with Gasteiger partial charge in [0.1, 0.15) is 0 Å². The molecule has 0 unspecified atom stereocenters. The lowest BCUT2D eigenvalue weighted by Gasteiger charge is -2.42. The lowest BCUT2D eigenvalue weighted by molar-refractivity contribution is 0.632. The lowest BCUT2D eigenvalue weighted by Crippen LogP contribution is -2.30. The molecule has 1 aliphatic heterocycles. The molecule has 0 radical (unpaired) electrons. The van der Waals surface area contributed by atoms with E-state index in [2.05, 4.69) is 124 Å². The van der Waals surface area contributed by atoms with Crippen LogP contribution in [0, 0.1) is 3.57 Å². The number of nitrogens with zero attached hydrogens (tertiary/aromatic N) is 1. The highest BCUT2D eigenvalue weighted by Crippen LogP contribution is 2.51. The zero-order chi connectivity index (χ0) is 16.9. The molecule has 120 valence electrons. The molecule has 0 aromatic heterocycles. The number of para-hydroxylation sites is 2. The summed E-state index contributed by atoms with van der Waals surface area (Å²) in [5.74, 6) is 0. The molecule has 0 N–H and O–H groups in total. The first-order valence-electron chi connectivity index (χ1n) is 7.94. The minimum absolute atomic E-state index is 0.0111. The van der Waals surface area contributed by atoms with Crippen LogP contribution in [0.3, 0.4) is 0 Å². The Morgan fingerprint density at radius 1 is 0.833 bits per heavy atom. The van der Waals surface area contributed by atoms with Crippen molar-refractivity contribution in [3.63, 3.8) is 0 Å². The molecule has 0 atom stereocenters. The standard InChI is InChI=1S/C21H17BrIN/c1-21(2)17-7-3-5-9-19(17)24(20-10-6-4-8-18(20)21)16-12-14(22)11-15(23)13-16/h3-13H,1-2H3. The number of anilines is 3. The van der Waals surface area contributed by atoms with Gasteiger partial charge in [-0.25, -0.2) is 0 Å². The molecular weight excluding hydrogens is 473 g/mol. The smallest absolute Gasteiger partial charge is 0.0502 e. The van der Waals surface area contributed by atoms with Crippen LogP contribution in [0.4, 0.5) is 17.1 Å². The Kier molecular flexibility index (Phi) is 3.96. The van der Waals surface area contributed by atoms with Crippen LogP contribution in [0.1, 0.15) is 25.0 Å². The van der Waals surface area contributed by atoms with Crippen molar-refractivity contribution in [2.75, 3.05) is 4.90 Å². The van der Waals surface area contributed by atoms with E-state index in [0.717, 1.165) is 4.47 Å². The molecule has 3 heteroatoms. The molecular formula is C21H17BrIN. The molecule has 0 spiro atoms. The van der Waals surface area contributed by atoms with Crippen molar-refractivity contribution in [2.45, 2.75) is 19.3 Å². The summed E-state index contributed by atoms with van der Waals surface area (Å²) in [5.41, 5.74) is 6.41. The van der Waals surface area contributed by atoms with E-state index in [1.807, 2.05) is 0 Å². The summed E-state index contributed by atoms with van der Waals surface area (Å²) in [6.45, 7) is 4.62. The van der Waals surface area contributed by atoms with Gasteiger partial charge in [-0.2, -0.15) is 0 Å². The van der Waals surface area contributed by atoms with Gasteiger partial charge in [-0.1, -0.05) is 66.2 Å². The van der Waals surface area contributed by atoms with E-state index in [1.54, 1.807) is 0 Å². The summed E-state index contributed by atoms with van der Waals surface area (Å²) in [6.07, 6.45) is 0. The van der Waals surface area contributed by atoms with Gasteiger partial charge in [-0.15, -0.1) is 0 Å². The van der Waals surface area contributed by atoms with E-state index in [1.165, 1.54) is 31.8 Å². The van der Waals surface area contributed by atoms with Crippen molar-refractivity contribution in [1.82, 2.24) is 0 Å². The van der Waals surface area contributed by atoms with Crippen LogP contribution in [-0.4, -0.2) is 0 Å². The number of halogens is 2. The molecule has 1 nitrogen and oxygen atoms in total. The molecule has 0 saturated heterocycles. The third-order valence-electron chi connectivity index (χ3n) is 4.74. The summed E-state index contributed by atoms with van der Waals surface area (Å²) in [7, 11) is 0. The predicted molar refractivity (Wildman–Crippen MR) is 114 cm³/mol. The van der Waals surface area contributed by atoms with Crippen LogP contribution in [0.2, 0.25) is 0 Å². The molecule has 1 heterocycles. The zero-order valence-electron chi connectivity index (χ0n) is 13.6. The van der Waals surface area contributed by atoms with Gasteiger partial charge < -0.3 is 4.90 Å². The average Bonchev–Trinajstić information content (AvgIpc) is 2.54. The topological polar surface area (TPSA) is 3.24 Å². The van der Waals surface area contributed by atoms with Gasteiger partial charge in [-0.05, 0) is 64.0 Å². The number of hydrogen-bond donors (Lipinski definition) is 0. The van der Waals surface area contributed by atoms with Crippen LogP contribution in [0.15, 0.2) is 71.2 Å². The fraction of sp³-hybridized carbons (Fsp3) is 0.143. The third-order valence-corrected chi connectivity index (χ3v) is 5.82. The normalized spacial score (nSPS) is 14.9. The number of fused-ring (bicyclic) bond motifs is 2. The Morgan fingerprint density at radius 3 is 1.92 bits per heavy atom. The Hall–Kier alpha value is -1.33. The van der Waals surface area contributed by atoms with E-state index in [9.17, 15) is 0 Å². The first-order valence-corrected chi connectivity index (χ1v) is 9.81. The Bertz CT molecular complexity index is 863. The highest BCUT2D eigenvalue weighted by molar-refractivity contribution is 14.1. The first kappa shape index (κ1) is 16.2. The molecule has 0 amide bonds. The molecule has 24 heavy (non-hydrogen) atoms. The van der Waals surface area contributed by atoms with Gasteiger partial charge in [0.25, 0.3) is 0 Å². The fourth-order valence-electron chi connectivity index (χ4n) is 3.62. The van der Waals surface area contributed by atoms with E-state index >= 15 is 0 Å². The number of hydrogen-bond acceptors (Lipinski definition) is 1. The third kappa shape index (κ3) is 2.49. The van der Waals surface area contributed by atoms with E-state index in [-0.39, 0.29) is 5.41 Å². The summed E-state index contributed by atoms with van der Waals surface area (Å²) in [6, 6.07) is 24.0. The quantitative estimate of drug-likeness (QED) is 0.327.